The minimum absolute atomic E-state index is 0.275. The fourth-order valence-corrected chi connectivity index (χ4v) is 4.27. The van der Waals surface area contributed by atoms with Gasteiger partial charge in [-0.25, -0.2) is 0 Å². The summed E-state index contributed by atoms with van der Waals surface area (Å²) in [5.41, 5.74) is 2.36. The topological polar surface area (TPSA) is 23.5 Å². The zero-order valence-electron chi connectivity index (χ0n) is 14.2. The number of allylic oxidation sites excluding steroid dienone is 4. The van der Waals surface area contributed by atoms with Crippen molar-refractivity contribution in [2.24, 2.45) is 0 Å². The van der Waals surface area contributed by atoms with Gasteiger partial charge in [0, 0.05) is 23.3 Å². The average molecular weight is 337 g/mol. The number of aromatic hydroxyl groups is 1. The summed E-state index contributed by atoms with van der Waals surface area (Å²) in [4.78, 5) is 2.18. The minimum Gasteiger partial charge on any atom is -0.507 e. The van der Waals surface area contributed by atoms with Gasteiger partial charge in [-0.1, -0.05) is 75.3 Å². The van der Waals surface area contributed by atoms with Crippen LogP contribution < -0.4 is 10.6 Å². The molecule has 1 aliphatic rings. The molecule has 1 aliphatic carbocycles. The Morgan fingerprint density at radius 1 is 1.04 bits per heavy atom. The molecule has 2 atom stereocenters. The van der Waals surface area contributed by atoms with Gasteiger partial charge in [0.2, 0.25) is 0 Å². The van der Waals surface area contributed by atoms with Crippen LogP contribution in [0.4, 0.5) is 0 Å². The predicted molar refractivity (Wildman–Crippen MR) is 105 cm³/mol. The molecule has 0 saturated heterocycles. The molecular formula is C21H24NOP. The van der Waals surface area contributed by atoms with E-state index in [-0.39, 0.29) is 5.92 Å². The quantitative estimate of drug-likeness (QED) is 0.841. The van der Waals surface area contributed by atoms with Gasteiger partial charge in [0.15, 0.2) is 0 Å². The van der Waals surface area contributed by atoms with Crippen molar-refractivity contribution >= 4 is 19.2 Å². The highest BCUT2D eigenvalue weighted by atomic mass is 31.1. The molecule has 0 amide bonds. The Hall–Kier alpha value is -1.89. The summed E-state index contributed by atoms with van der Waals surface area (Å²) in [5.74, 6) is 0.734. The lowest BCUT2D eigenvalue weighted by molar-refractivity contribution is 0.403. The summed E-state index contributed by atoms with van der Waals surface area (Å²) in [6.07, 6.45) is 9.41. The highest BCUT2D eigenvalue weighted by Gasteiger charge is 2.16. The SMILES string of the molecule is CN(C)Cc1ccccc1Pc1cccc(C2C=CC=CC2)c1O. The highest BCUT2D eigenvalue weighted by molar-refractivity contribution is 7.55. The molecule has 0 fully saturated rings. The fourth-order valence-electron chi connectivity index (χ4n) is 3.04. The van der Waals surface area contributed by atoms with Crippen LogP contribution in [0.2, 0.25) is 0 Å². The maximum Gasteiger partial charge on any atom is 0.127 e. The van der Waals surface area contributed by atoms with E-state index in [0.29, 0.717) is 14.3 Å². The van der Waals surface area contributed by atoms with E-state index in [4.69, 9.17) is 0 Å². The second-order valence-corrected chi connectivity index (χ2v) is 7.75. The lowest BCUT2D eigenvalue weighted by Gasteiger charge is -2.18. The number of phenols is 1. The van der Waals surface area contributed by atoms with Crippen LogP contribution >= 0.6 is 8.58 Å². The molecule has 0 saturated carbocycles. The van der Waals surface area contributed by atoms with Crippen LogP contribution in [0, 0.1) is 0 Å². The van der Waals surface area contributed by atoms with Crippen molar-refractivity contribution < 1.29 is 5.11 Å². The first-order chi connectivity index (χ1) is 11.6. The molecular weight excluding hydrogens is 313 g/mol. The minimum atomic E-state index is 0.275. The number of hydrogen-bond donors (Lipinski definition) is 1. The van der Waals surface area contributed by atoms with E-state index in [1.54, 1.807) is 0 Å². The van der Waals surface area contributed by atoms with E-state index < -0.39 is 0 Å². The van der Waals surface area contributed by atoms with Crippen LogP contribution in [0.5, 0.6) is 5.75 Å². The molecule has 2 unspecified atom stereocenters. The van der Waals surface area contributed by atoms with Crippen molar-refractivity contribution in [3.05, 3.63) is 77.9 Å². The van der Waals surface area contributed by atoms with Crippen LogP contribution in [-0.4, -0.2) is 24.1 Å². The molecule has 3 rings (SSSR count). The maximum absolute atomic E-state index is 10.8. The summed E-state index contributed by atoms with van der Waals surface area (Å²) in [5, 5.41) is 13.1. The molecule has 2 nitrogen and oxygen atoms in total. The monoisotopic (exact) mass is 337 g/mol. The Kier molecular flexibility index (Phi) is 5.50. The molecule has 0 aliphatic heterocycles. The van der Waals surface area contributed by atoms with Crippen molar-refractivity contribution in [3.63, 3.8) is 0 Å². The molecule has 2 aromatic carbocycles. The van der Waals surface area contributed by atoms with Crippen LogP contribution in [0.3, 0.4) is 0 Å². The van der Waals surface area contributed by atoms with Crippen LogP contribution in [-0.2, 0) is 6.54 Å². The predicted octanol–water partition coefficient (Wildman–Crippen LogP) is 3.68. The van der Waals surface area contributed by atoms with Gasteiger partial charge < -0.3 is 10.0 Å². The smallest absolute Gasteiger partial charge is 0.127 e. The Bertz CT molecular complexity index is 764. The van der Waals surface area contributed by atoms with E-state index in [2.05, 4.69) is 73.6 Å². The van der Waals surface area contributed by atoms with Crippen LogP contribution in [0.1, 0.15) is 23.5 Å². The summed E-state index contributed by atoms with van der Waals surface area (Å²) in [6, 6.07) is 14.7. The Morgan fingerprint density at radius 2 is 1.83 bits per heavy atom. The molecule has 124 valence electrons. The lowest BCUT2D eigenvalue weighted by Crippen LogP contribution is -2.17. The molecule has 0 bridgehead atoms. The molecule has 0 aromatic heterocycles. The molecule has 2 aromatic rings. The van der Waals surface area contributed by atoms with Gasteiger partial charge in [-0.3, -0.25) is 0 Å². The van der Waals surface area contributed by atoms with Gasteiger partial charge in [0.05, 0.1) is 0 Å². The summed E-state index contributed by atoms with van der Waals surface area (Å²) >= 11 is 0. The van der Waals surface area contributed by atoms with Gasteiger partial charge in [-0.2, -0.15) is 0 Å². The third-order valence-corrected chi connectivity index (χ3v) is 5.65. The van der Waals surface area contributed by atoms with Crippen molar-refractivity contribution in [3.8, 4) is 5.75 Å². The lowest BCUT2D eigenvalue weighted by atomic mass is 9.92. The zero-order chi connectivity index (χ0) is 16.9. The van der Waals surface area contributed by atoms with Gasteiger partial charge in [0.1, 0.15) is 5.75 Å². The zero-order valence-corrected chi connectivity index (χ0v) is 15.2. The van der Waals surface area contributed by atoms with Gasteiger partial charge in [-0.15, -0.1) is 0 Å². The molecule has 24 heavy (non-hydrogen) atoms. The van der Waals surface area contributed by atoms with Gasteiger partial charge in [-0.05, 0) is 31.4 Å². The number of phenolic OH excluding ortho intramolecular Hbond substituents is 1. The largest absolute Gasteiger partial charge is 0.507 e. The molecule has 3 heteroatoms. The van der Waals surface area contributed by atoms with Crippen LogP contribution in [0.25, 0.3) is 0 Å². The first-order valence-corrected chi connectivity index (χ1v) is 9.30. The first-order valence-electron chi connectivity index (χ1n) is 8.30. The summed E-state index contributed by atoms with van der Waals surface area (Å²) in [6.45, 7) is 0.916. The number of hydrogen-bond acceptors (Lipinski definition) is 2. The Balaban J connectivity index is 1.89. The number of nitrogens with zero attached hydrogens (tertiary/aromatic N) is 1. The van der Waals surface area contributed by atoms with Crippen molar-refractivity contribution in [2.75, 3.05) is 14.1 Å². The molecule has 1 N–H and O–H groups in total. The van der Waals surface area contributed by atoms with E-state index >= 15 is 0 Å². The fraction of sp³-hybridized carbons (Fsp3) is 0.238. The normalized spacial score (nSPS) is 17.2. The van der Waals surface area contributed by atoms with E-state index in [1.165, 1.54) is 10.9 Å². The highest BCUT2D eigenvalue weighted by Crippen LogP contribution is 2.33. The molecule has 0 radical (unpaired) electrons. The number of benzene rings is 2. The maximum atomic E-state index is 10.8. The van der Waals surface area contributed by atoms with Crippen LogP contribution in [0.15, 0.2) is 66.8 Å². The van der Waals surface area contributed by atoms with E-state index in [0.717, 1.165) is 23.8 Å². The van der Waals surface area contributed by atoms with E-state index in [9.17, 15) is 5.11 Å². The van der Waals surface area contributed by atoms with Crippen molar-refractivity contribution in [1.29, 1.82) is 0 Å². The van der Waals surface area contributed by atoms with Crippen molar-refractivity contribution in [1.82, 2.24) is 4.90 Å². The summed E-state index contributed by atoms with van der Waals surface area (Å²) in [7, 11) is 4.63. The average Bonchev–Trinajstić information content (AvgIpc) is 2.59. The Morgan fingerprint density at radius 3 is 2.58 bits per heavy atom. The standard InChI is InChI=1S/C21H24NOP/c1-22(2)15-17-11-6-7-13-19(17)24-20-14-8-12-18(21(20)23)16-9-4-3-5-10-16/h3-9,11-14,16,23-24H,10,15H2,1-2H3. The third kappa shape index (κ3) is 3.95. The van der Waals surface area contributed by atoms with Crippen molar-refractivity contribution in [2.45, 2.75) is 18.9 Å². The van der Waals surface area contributed by atoms with Gasteiger partial charge >= 0.3 is 0 Å². The number of rotatable bonds is 5. The second kappa shape index (κ2) is 7.79. The van der Waals surface area contributed by atoms with E-state index in [1.807, 2.05) is 12.1 Å². The first kappa shape index (κ1) is 17.0. The Labute approximate surface area is 146 Å². The molecule has 0 heterocycles. The summed E-state index contributed by atoms with van der Waals surface area (Å²) < 4.78 is 0. The van der Waals surface area contributed by atoms with Gasteiger partial charge in [0.25, 0.3) is 0 Å². The molecule has 0 spiro atoms. The third-order valence-electron chi connectivity index (χ3n) is 4.22. The second-order valence-electron chi connectivity index (χ2n) is 6.42. The number of para-hydroxylation sites is 1.